The van der Waals surface area contributed by atoms with Gasteiger partial charge in [-0.15, -0.1) is 0 Å². The normalized spacial score (nSPS) is 28.9. The van der Waals surface area contributed by atoms with E-state index in [1.54, 1.807) is 0 Å². The van der Waals surface area contributed by atoms with Crippen molar-refractivity contribution in [1.82, 2.24) is 10.2 Å². The highest BCUT2D eigenvalue weighted by atomic mass is 16.2. The molecule has 18 heavy (non-hydrogen) atoms. The van der Waals surface area contributed by atoms with Gasteiger partial charge in [-0.05, 0) is 39.5 Å². The summed E-state index contributed by atoms with van der Waals surface area (Å²) in [5, 5.41) is 3.02. The van der Waals surface area contributed by atoms with Crippen LogP contribution < -0.4 is 11.1 Å². The monoisotopic (exact) mass is 255 g/mol. The summed E-state index contributed by atoms with van der Waals surface area (Å²) in [6.07, 6.45) is 4.43. The van der Waals surface area contributed by atoms with E-state index in [4.69, 9.17) is 5.73 Å². The van der Waals surface area contributed by atoms with Crippen LogP contribution in [0, 0.1) is 5.92 Å². The molecule has 1 aliphatic rings. The molecule has 2 unspecified atom stereocenters. The number of hydrogen-bond donors (Lipinski definition) is 2. The third-order valence-electron chi connectivity index (χ3n) is 3.95. The van der Waals surface area contributed by atoms with Crippen LogP contribution in [-0.4, -0.2) is 35.6 Å². The molecule has 0 aliphatic heterocycles. The molecule has 1 rings (SSSR count). The molecule has 3 N–H and O–H groups in total. The van der Waals surface area contributed by atoms with Crippen LogP contribution in [0.4, 0.5) is 4.79 Å². The lowest BCUT2D eigenvalue weighted by molar-refractivity contribution is 0.0813. The first-order valence-corrected chi connectivity index (χ1v) is 6.96. The first-order chi connectivity index (χ1) is 8.20. The van der Waals surface area contributed by atoms with Crippen LogP contribution in [0.2, 0.25) is 0 Å². The smallest absolute Gasteiger partial charge is 0.318 e. The van der Waals surface area contributed by atoms with Gasteiger partial charge in [0.1, 0.15) is 0 Å². The molecule has 0 aromatic heterocycles. The van der Waals surface area contributed by atoms with Crippen LogP contribution in [0.3, 0.4) is 0 Å². The number of amides is 2. The van der Waals surface area contributed by atoms with Crippen molar-refractivity contribution in [2.45, 2.75) is 64.5 Å². The van der Waals surface area contributed by atoms with E-state index < -0.39 is 0 Å². The summed E-state index contributed by atoms with van der Waals surface area (Å²) >= 11 is 0. The number of rotatable bonds is 2. The lowest BCUT2D eigenvalue weighted by atomic mass is 9.75. The van der Waals surface area contributed by atoms with Gasteiger partial charge in [0.2, 0.25) is 0 Å². The Kier molecular flexibility index (Phi) is 4.65. The van der Waals surface area contributed by atoms with Gasteiger partial charge in [-0.1, -0.05) is 19.8 Å². The predicted molar refractivity (Wildman–Crippen MR) is 75.5 cm³/mol. The summed E-state index contributed by atoms with van der Waals surface area (Å²) in [6, 6.07) is -0.0120. The van der Waals surface area contributed by atoms with E-state index >= 15 is 0 Å². The highest BCUT2D eigenvalue weighted by Crippen LogP contribution is 2.35. The molecule has 1 fully saturated rings. The Morgan fingerprint density at radius 3 is 2.56 bits per heavy atom. The number of hydrogen-bond acceptors (Lipinski definition) is 2. The quantitative estimate of drug-likeness (QED) is 0.795. The van der Waals surface area contributed by atoms with Gasteiger partial charge in [0.25, 0.3) is 0 Å². The molecular formula is C14H29N3O. The third kappa shape index (κ3) is 3.61. The maximum Gasteiger partial charge on any atom is 0.318 e. The molecule has 1 saturated carbocycles. The van der Waals surface area contributed by atoms with Crippen LogP contribution in [0.15, 0.2) is 0 Å². The van der Waals surface area contributed by atoms with E-state index in [-0.39, 0.29) is 17.1 Å². The largest absolute Gasteiger partial charge is 0.333 e. The molecule has 1 aliphatic carbocycles. The fourth-order valence-electron chi connectivity index (χ4n) is 2.88. The summed E-state index contributed by atoms with van der Waals surface area (Å²) in [4.78, 5) is 14.1. The molecule has 0 aromatic rings. The summed E-state index contributed by atoms with van der Waals surface area (Å²) in [7, 11) is 1.88. The Morgan fingerprint density at radius 2 is 2.11 bits per heavy atom. The molecule has 2 amide bonds. The fraction of sp³-hybridized carbons (Fsp3) is 0.929. The van der Waals surface area contributed by atoms with Gasteiger partial charge >= 0.3 is 6.03 Å². The average Bonchev–Trinajstić information content (AvgIpc) is 2.25. The molecular weight excluding hydrogens is 226 g/mol. The van der Waals surface area contributed by atoms with Gasteiger partial charge in [-0.3, -0.25) is 0 Å². The highest BCUT2D eigenvalue weighted by molar-refractivity contribution is 5.75. The van der Waals surface area contributed by atoms with Gasteiger partial charge in [-0.2, -0.15) is 0 Å². The van der Waals surface area contributed by atoms with Crippen molar-refractivity contribution < 1.29 is 4.79 Å². The van der Waals surface area contributed by atoms with Gasteiger partial charge < -0.3 is 16.0 Å². The SMILES string of the molecule is CC1CCCC(CN)(N(C)C(=O)NC(C)(C)C)C1. The minimum atomic E-state index is -0.207. The van der Waals surface area contributed by atoms with Crippen molar-refractivity contribution in [2.75, 3.05) is 13.6 Å². The summed E-state index contributed by atoms with van der Waals surface area (Å²) in [5.41, 5.74) is 5.61. The topological polar surface area (TPSA) is 58.4 Å². The highest BCUT2D eigenvalue weighted by Gasteiger charge is 2.40. The number of nitrogens with one attached hydrogen (secondary N) is 1. The van der Waals surface area contributed by atoms with Crippen molar-refractivity contribution in [2.24, 2.45) is 11.7 Å². The zero-order chi connectivity index (χ0) is 14.0. The van der Waals surface area contributed by atoms with E-state index in [1.807, 2.05) is 32.7 Å². The van der Waals surface area contributed by atoms with Gasteiger partial charge in [0, 0.05) is 19.1 Å². The van der Waals surface area contributed by atoms with Crippen molar-refractivity contribution in [3.63, 3.8) is 0 Å². The zero-order valence-electron chi connectivity index (χ0n) is 12.5. The van der Waals surface area contributed by atoms with Crippen molar-refractivity contribution >= 4 is 6.03 Å². The number of nitrogens with zero attached hydrogens (tertiary/aromatic N) is 1. The van der Waals surface area contributed by atoms with Crippen LogP contribution in [0.25, 0.3) is 0 Å². The number of urea groups is 1. The van der Waals surface area contributed by atoms with Crippen molar-refractivity contribution in [3.8, 4) is 0 Å². The van der Waals surface area contributed by atoms with E-state index in [0.29, 0.717) is 12.5 Å². The Bertz CT molecular complexity index is 298. The average molecular weight is 255 g/mol. The Hall–Kier alpha value is -0.770. The lowest BCUT2D eigenvalue weighted by Gasteiger charge is -2.46. The Balaban J connectivity index is 2.78. The number of carbonyl (C=O) groups excluding carboxylic acids is 1. The molecule has 0 bridgehead atoms. The van der Waals surface area contributed by atoms with Gasteiger partial charge in [0.15, 0.2) is 0 Å². The summed E-state index contributed by atoms with van der Waals surface area (Å²) in [5.74, 6) is 0.646. The van der Waals surface area contributed by atoms with Crippen molar-refractivity contribution in [3.05, 3.63) is 0 Å². The summed E-state index contributed by atoms with van der Waals surface area (Å²) in [6.45, 7) is 8.79. The van der Waals surface area contributed by atoms with Gasteiger partial charge in [-0.25, -0.2) is 4.79 Å². The molecule has 0 saturated heterocycles. The first kappa shape index (κ1) is 15.3. The minimum Gasteiger partial charge on any atom is -0.333 e. The van der Waals surface area contributed by atoms with Crippen LogP contribution in [0.5, 0.6) is 0 Å². The van der Waals surface area contributed by atoms with E-state index in [9.17, 15) is 4.79 Å². The van der Waals surface area contributed by atoms with Gasteiger partial charge in [0.05, 0.1) is 5.54 Å². The number of carbonyl (C=O) groups is 1. The Labute approximate surface area is 111 Å². The fourth-order valence-corrected chi connectivity index (χ4v) is 2.88. The molecule has 0 spiro atoms. The van der Waals surface area contributed by atoms with Crippen molar-refractivity contribution in [1.29, 1.82) is 0 Å². The molecule has 0 aromatic carbocycles. The number of likely N-dealkylation sites (N-methyl/N-ethyl adjacent to an activating group) is 1. The first-order valence-electron chi connectivity index (χ1n) is 6.96. The van der Waals surface area contributed by atoms with Crippen LogP contribution in [-0.2, 0) is 0 Å². The molecule has 0 heterocycles. The van der Waals surface area contributed by atoms with E-state index in [2.05, 4.69) is 12.2 Å². The molecule has 4 heteroatoms. The maximum atomic E-state index is 12.3. The number of nitrogens with two attached hydrogens (primary N) is 1. The zero-order valence-corrected chi connectivity index (χ0v) is 12.5. The predicted octanol–water partition coefficient (Wildman–Crippen LogP) is 2.33. The third-order valence-corrected chi connectivity index (χ3v) is 3.95. The maximum absolute atomic E-state index is 12.3. The molecule has 0 radical (unpaired) electrons. The van der Waals surface area contributed by atoms with E-state index in [1.165, 1.54) is 6.42 Å². The van der Waals surface area contributed by atoms with E-state index in [0.717, 1.165) is 19.3 Å². The minimum absolute atomic E-state index is 0.0120. The summed E-state index contributed by atoms with van der Waals surface area (Å²) < 4.78 is 0. The van der Waals surface area contributed by atoms with Crippen LogP contribution in [0.1, 0.15) is 53.4 Å². The second-order valence-electron chi connectivity index (χ2n) is 6.87. The Morgan fingerprint density at radius 1 is 1.50 bits per heavy atom. The second kappa shape index (κ2) is 5.47. The second-order valence-corrected chi connectivity index (χ2v) is 6.87. The molecule has 106 valence electrons. The molecule has 4 nitrogen and oxygen atoms in total. The standard InChI is InChI=1S/C14H29N3O/c1-11-7-6-8-14(9-11,10-15)17(5)12(18)16-13(2,3)4/h11H,6-10,15H2,1-5H3,(H,16,18). The van der Waals surface area contributed by atoms with Crippen LogP contribution >= 0.6 is 0 Å². The molecule has 2 atom stereocenters. The lowest BCUT2D eigenvalue weighted by Crippen LogP contribution is -2.60.